The van der Waals surface area contributed by atoms with Crippen molar-refractivity contribution in [3.05, 3.63) is 34.1 Å². The van der Waals surface area contributed by atoms with E-state index in [9.17, 15) is 4.39 Å². The third-order valence-electron chi connectivity index (χ3n) is 2.50. The maximum Gasteiger partial charge on any atom is 0.171 e. The zero-order valence-corrected chi connectivity index (χ0v) is 11.8. The molecule has 0 fully saturated rings. The Labute approximate surface area is 109 Å². The normalized spacial score (nSPS) is 13.1. The Bertz CT molecular complexity index is 358. The smallest absolute Gasteiger partial charge is 0.171 e. The predicted molar refractivity (Wildman–Crippen MR) is 68.2 cm³/mol. The van der Waals surface area contributed by atoms with Gasteiger partial charge in [0.15, 0.2) is 6.29 Å². The first kappa shape index (κ1) is 14.6. The van der Waals surface area contributed by atoms with Crippen LogP contribution in [0.2, 0.25) is 0 Å². The molecule has 1 aromatic carbocycles. The highest BCUT2D eigenvalue weighted by molar-refractivity contribution is 9.10. The lowest BCUT2D eigenvalue weighted by Gasteiger charge is -2.22. The fraction of sp³-hybridized carbons (Fsp3) is 0.500. The standard InChI is InChI=1S/C12H17BrFNO2/c1-8(12(16-2)17-3)15-7-9-4-5-10(14)6-11(9)13/h4-6,8,12,15H,7H2,1-3H3. The van der Waals surface area contributed by atoms with Crippen LogP contribution in [0.25, 0.3) is 0 Å². The van der Waals surface area contributed by atoms with Crippen LogP contribution < -0.4 is 5.32 Å². The SMILES string of the molecule is COC(OC)C(C)NCc1ccc(F)cc1Br. The topological polar surface area (TPSA) is 30.5 Å². The zero-order chi connectivity index (χ0) is 12.8. The lowest BCUT2D eigenvalue weighted by atomic mass is 10.2. The molecule has 0 bridgehead atoms. The monoisotopic (exact) mass is 305 g/mol. The molecule has 1 aromatic rings. The van der Waals surface area contributed by atoms with Crippen molar-refractivity contribution < 1.29 is 13.9 Å². The highest BCUT2D eigenvalue weighted by Gasteiger charge is 2.15. The lowest BCUT2D eigenvalue weighted by molar-refractivity contribution is -0.119. The summed E-state index contributed by atoms with van der Waals surface area (Å²) in [7, 11) is 3.19. The first-order chi connectivity index (χ1) is 8.08. The van der Waals surface area contributed by atoms with Crippen LogP contribution in [0, 0.1) is 5.82 Å². The average Bonchev–Trinajstić information content (AvgIpc) is 2.29. The molecule has 3 nitrogen and oxygen atoms in total. The molecule has 1 N–H and O–H groups in total. The van der Waals surface area contributed by atoms with E-state index in [1.165, 1.54) is 12.1 Å². The molecule has 96 valence electrons. The van der Waals surface area contributed by atoms with E-state index >= 15 is 0 Å². The van der Waals surface area contributed by atoms with Crippen molar-refractivity contribution in [1.29, 1.82) is 0 Å². The molecule has 0 amide bonds. The first-order valence-electron chi connectivity index (χ1n) is 5.31. The van der Waals surface area contributed by atoms with Crippen LogP contribution in [0.5, 0.6) is 0 Å². The quantitative estimate of drug-likeness (QED) is 0.820. The Kier molecular flexibility index (Phi) is 6.05. The molecule has 0 saturated carbocycles. The lowest BCUT2D eigenvalue weighted by Crippen LogP contribution is -2.39. The second-order valence-corrected chi connectivity index (χ2v) is 4.60. The van der Waals surface area contributed by atoms with E-state index in [1.54, 1.807) is 20.3 Å². The van der Waals surface area contributed by atoms with Crippen LogP contribution in [-0.2, 0) is 16.0 Å². The molecule has 17 heavy (non-hydrogen) atoms. The maximum absolute atomic E-state index is 12.9. The van der Waals surface area contributed by atoms with Crippen LogP contribution in [0.4, 0.5) is 4.39 Å². The van der Waals surface area contributed by atoms with Crippen LogP contribution in [0.3, 0.4) is 0 Å². The summed E-state index contributed by atoms with van der Waals surface area (Å²) in [5, 5.41) is 3.26. The van der Waals surface area contributed by atoms with E-state index in [0.29, 0.717) is 6.54 Å². The second kappa shape index (κ2) is 7.06. The molecule has 5 heteroatoms. The maximum atomic E-state index is 12.9. The zero-order valence-electron chi connectivity index (χ0n) is 10.2. The third kappa shape index (κ3) is 4.35. The highest BCUT2D eigenvalue weighted by Crippen LogP contribution is 2.18. The van der Waals surface area contributed by atoms with E-state index in [2.05, 4.69) is 21.2 Å². The van der Waals surface area contributed by atoms with Crippen LogP contribution >= 0.6 is 15.9 Å². The van der Waals surface area contributed by atoms with Gasteiger partial charge < -0.3 is 14.8 Å². The van der Waals surface area contributed by atoms with Crippen molar-refractivity contribution in [2.45, 2.75) is 25.8 Å². The fourth-order valence-corrected chi connectivity index (χ4v) is 2.03. The van der Waals surface area contributed by atoms with Crippen molar-refractivity contribution in [2.24, 2.45) is 0 Å². The molecule has 1 rings (SSSR count). The molecule has 0 heterocycles. The Morgan fingerprint density at radius 2 is 2.00 bits per heavy atom. The molecular weight excluding hydrogens is 289 g/mol. The molecule has 1 atom stereocenters. The summed E-state index contributed by atoms with van der Waals surface area (Å²) in [6, 6.07) is 4.68. The minimum absolute atomic E-state index is 0.0435. The number of rotatable bonds is 6. The van der Waals surface area contributed by atoms with Gasteiger partial charge in [0.2, 0.25) is 0 Å². The molecule has 0 saturated heterocycles. The number of halogens is 2. The number of nitrogens with one attached hydrogen (secondary N) is 1. The van der Waals surface area contributed by atoms with Crippen molar-refractivity contribution in [3.8, 4) is 0 Å². The summed E-state index contributed by atoms with van der Waals surface area (Å²) < 4.78 is 23.9. The minimum Gasteiger partial charge on any atom is -0.354 e. The van der Waals surface area contributed by atoms with E-state index in [0.717, 1.165) is 10.0 Å². The van der Waals surface area contributed by atoms with Gasteiger partial charge in [-0.25, -0.2) is 4.39 Å². The van der Waals surface area contributed by atoms with Gasteiger partial charge in [-0.1, -0.05) is 22.0 Å². The molecule has 0 spiro atoms. The molecule has 0 radical (unpaired) electrons. The van der Waals surface area contributed by atoms with Gasteiger partial charge in [-0.3, -0.25) is 0 Å². The van der Waals surface area contributed by atoms with Gasteiger partial charge in [0.05, 0.1) is 6.04 Å². The Balaban J connectivity index is 2.55. The van der Waals surface area contributed by atoms with Crippen LogP contribution in [0.1, 0.15) is 12.5 Å². The van der Waals surface area contributed by atoms with E-state index in [4.69, 9.17) is 9.47 Å². The largest absolute Gasteiger partial charge is 0.354 e. The number of benzene rings is 1. The Hall–Kier alpha value is -0.490. The van der Waals surface area contributed by atoms with Gasteiger partial charge in [0.1, 0.15) is 5.82 Å². The van der Waals surface area contributed by atoms with Gasteiger partial charge in [-0.05, 0) is 24.6 Å². The summed E-state index contributed by atoms with van der Waals surface area (Å²) in [6.07, 6.45) is -0.297. The molecule has 0 aromatic heterocycles. The molecule has 0 aliphatic heterocycles. The van der Waals surface area contributed by atoms with Gasteiger partial charge in [-0.15, -0.1) is 0 Å². The van der Waals surface area contributed by atoms with E-state index in [1.807, 2.05) is 6.92 Å². The number of hydrogen-bond acceptors (Lipinski definition) is 3. The van der Waals surface area contributed by atoms with Crippen molar-refractivity contribution in [3.63, 3.8) is 0 Å². The molecule has 0 aliphatic carbocycles. The van der Waals surface area contributed by atoms with Gasteiger partial charge >= 0.3 is 0 Å². The van der Waals surface area contributed by atoms with Crippen LogP contribution in [-0.4, -0.2) is 26.6 Å². The minimum atomic E-state index is -0.297. The van der Waals surface area contributed by atoms with Gasteiger partial charge in [0.25, 0.3) is 0 Å². The molecule has 1 unspecified atom stereocenters. The number of ether oxygens (including phenoxy) is 2. The fourth-order valence-electron chi connectivity index (χ4n) is 1.54. The molecular formula is C12H17BrFNO2. The predicted octanol–water partition coefficient (Wildman–Crippen LogP) is 2.69. The van der Waals surface area contributed by atoms with Crippen molar-refractivity contribution in [2.75, 3.05) is 14.2 Å². The Morgan fingerprint density at radius 3 is 2.53 bits per heavy atom. The highest BCUT2D eigenvalue weighted by atomic mass is 79.9. The van der Waals surface area contributed by atoms with E-state index < -0.39 is 0 Å². The first-order valence-corrected chi connectivity index (χ1v) is 6.10. The second-order valence-electron chi connectivity index (χ2n) is 3.75. The van der Waals surface area contributed by atoms with Gasteiger partial charge in [-0.2, -0.15) is 0 Å². The van der Waals surface area contributed by atoms with Crippen molar-refractivity contribution >= 4 is 15.9 Å². The average molecular weight is 306 g/mol. The summed E-state index contributed by atoms with van der Waals surface area (Å²) in [6.45, 7) is 2.58. The van der Waals surface area contributed by atoms with Gasteiger partial charge in [0, 0.05) is 25.2 Å². The van der Waals surface area contributed by atoms with Crippen molar-refractivity contribution in [1.82, 2.24) is 5.32 Å². The van der Waals surface area contributed by atoms with E-state index in [-0.39, 0.29) is 18.1 Å². The number of hydrogen-bond donors (Lipinski definition) is 1. The summed E-state index contributed by atoms with van der Waals surface area (Å²) in [5.74, 6) is -0.250. The van der Waals surface area contributed by atoms with Crippen LogP contribution in [0.15, 0.2) is 22.7 Å². The number of methoxy groups -OCH3 is 2. The third-order valence-corrected chi connectivity index (χ3v) is 3.24. The summed E-state index contributed by atoms with van der Waals surface area (Å²) in [4.78, 5) is 0. The Morgan fingerprint density at radius 1 is 1.35 bits per heavy atom. The molecule has 0 aliphatic rings. The summed E-state index contributed by atoms with van der Waals surface area (Å²) in [5.41, 5.74) is 0.990. The summed E-state index contributed by atoms with van der Waals surface area (Å²) >= 11 is 3.33.